The molecule has 1 atom stereocenters. The fourth-order valence-electron chi connectivity index (χ4n) is 4.81. The molecule has 0 amide bonds. The third kappa shape index (κ3) is 5.78. The molecule has 1 unspecified atom stereocenters. The lowest BCUT2D eigenvalue weighted by Gasteiger charge is -2.38. The minimum absolute atomic E-state index is 0.00218. The van der Waals surface area contributed by atoms with Gasteiger partial charge in [0.2, 0.25) is 0 Å². The number of halogens is 2. The molecule has 2 aromatic carbocycles. The molecule has 2 heterocycles. The van der Waals surface area contributed by atoms with Gasteiger partial charge >= 0.3 is 0 Å². The highest BCUT2D eigenvalue weighted by atomic mass is 19.1. The van der Waals surface area contributed by atoms with E-state index in [2.05, 4.69) is 27.1 Å². The molecule has 0 saturated carbocycles. The van der Waals surface area contributed by atoms with Crippen molar-refractivity contribution >= 4 is 0 Å². The van der Waals surface area contributed by atoms with Crippen molar-refractivity contribution in [2.24, 2.45) is 0 Å². The van der Waals surface area contributed by atoms with Crippen LogP contribution in [-0.2, 0) is 12.1 Å². The Morgan fingerprint density at radius 1 is 1.18 bits per heavy atom. The predicted octanol–water partition coefficient (Wildman–Crippen LogP) is 3.22. The van der Waals surface area contributed by atoms with Crippen molar-refractivity contribution in [3.63, 3.8) is 0 Å². The van der Waals surface area contributed by atoms with Crippen LogP contribution in [0, 0.1) is 11.6 Å². The van der Waals surface area contributed by atoms with Gasteiger partial charge in [-0.3, -0.25) is 9.80 Å². The lowest BCUT2D eigenvalue weighted by Crippen LogP contribution is -2.48. The number of hydrogen-bond acceptors (Lipinski definition) is 6. The summed E-state index contributed by atoms with van der Waals surface area (Å²) in [5.74, 6) is -0.111. The first kappa shape index (κ1) is 24.3. The molecule has 4 rings (SSSR count). The molecular weight excluding hydrogens is 440 g/mol. The van der Waals surface area contributed by atoms with E-state index in [1.165, 1.54) is 29.0 Å². The fraction of sp³-hybridized carbons (Fsp3) is 0.440. The molecule has 1 N–H and O–H groups in total. The van der Waals surface area contributed by atoms with Gasteiger partial charge in [-0.15, -0.1) is 0 Å². The highest BCUT2D eigenvalue weighted by molar-refractivity contribution is 5.31. The Bertz CT molecular complexity index is 1070. The quantitative estimate of drug-likeness (QED) is 0.517. The van der Waals surface area contributed by atoms with Crippen molar-refractivity contribution in [2.75, 3.05) is 40.5 Å². The van der Waals surface area contributed by atoms with E-state index in [1.54, 1.807) is 7.11 Å². The van der Waals surface area contributed by atoms with E-state index >= 15 is 0 Å². The van der Waals surface area contributed by atoms with E-state index in [1.807, 2.05) is 24.1 Å². The van der Waals surface area contributed by atoms with Gasteiger partial charge in [0.05, 0.1) is 20.3 Å². The van der Waals surface area contributed by atoms with Gasteiger partial charge in [-0.2, -0.15) is 5.10 Å². The molecule has 0 radical (unpaired) electrons. The van der Waals surface area contributed by atoms with Crippen LogP contribution in [0.4, 0.5) is 8.78 Å². The number of likely N-dealkylation sites (tertiary alicyclic amines) is 1. The van der Waals surface area contributed by atoms with E-state index in [0.29, 0.717) is 12.6 Å². The summed E-state index contributed by atoms with van der Waals surface area (Å²) >= 11 is 0. The second-order valence-corrected chi connectivity index (χ2v) is 9.07. The van der Waals surface area contributed by atoms with Crippen LogP contribution in [0.5, 0.6) is 5.75 Å². The molecule has 0 spiro atoms. The summed E-state index contributed by atoms with van der Waals surface area (Å²) in [5.41, 5.74) is -0.284. The second kappa shape index (κ2) is 10.6. The number of nitrogens with zero attached hydrogens (tertiary/aromatic N) is 5. The van der Waals surface area contributed by atoms with Crippen molar-refractivity contribution in [2.45, 2.75) is 30.9 Å². The average Bonchev–Trinajstić information content (AvgIpc) is 3.32. The number of piperidine rings is 1. The maximum Gasteiger partial charge on any atom is 0.137 e. The van der Waals surface area contributed by atoms with E-state index in [0.717, 1.165) is 43.8 Å². The normalized spacial score (nSPS) is 17.1. The van der Waals surface area contributed by atoms with Gasteiger partial charge in [0, 0.05) is 18.2 Å². The smallest absolute Gasteiger partial charge is 0.137 e. The highest BCUT2D eigenvalue weighted by Gasteiger charge is 2.35. The summed E-state index contributed by atoms with van der Waals surface area (Å²) < 4.78 is 35.0. The van der Waals surface area contributed by atoms with Gasteiger partial charge in [0.1, 0.15) is 35.6 Å². The zero-order chi connectivity index (χ0) is 24.1. The molecule has 1 fully saturated rings. The molecule has 34 heavy (non-hydrogen) atoms. The van der Waals surface area contributed by atoms with Crippen LogP contribution in [0.3, 0.4) is 0 Å². The Labute approximate surface area is 198 Å². The molecule has 1 aromatic heterocycles. The minimum atomic E-state index is -1.61. The first-order valence-electron chi connectivity index (χ1n) is 11.4. The van der Waals surface area contributed by atoms with Gasteiger partial charge in [-0.1, -0.05) is 18.2 Å². The predicted molar refractivity (Wildman–Crippen MR) is 124 cm³/mol. The van der Waals surface area contributed by atoms with Crippen LogP contribution in [0.15, 0.2) is 55.1 Å². The molecule has 0 bridgehead atoms. The number of aromatic nitrogens is 3. The van der Waals surface area contributed by atoms with Crippen LogP contribution in [0.2, 0.25) is 0 Å². The molecule has 7 nitrogen and oxygen atoms in total. The van der Waals surface area contributed by atoms with Crippen LogP contribution >= 0.6 is 0 Å². The molecule has 0 aliphatic carbocycles. The lowest BCUT2D eigenvalue weighted by molar-refractivity contribution is -0.0285. The third-order valence-electron chi connectivity index (χ3n) is 6.45. The van der Waals surface area contributed by atoms with Crippen LogP contribution in [0.1, 0.15) is 29.9 Å². The first-order valence-corrected chi connectivity index (χ1v) is 11.4. The lowest BCUT2D eigenvalue weighted by atomic mass is 9.89. The standard InChI is InChI=1S/C25H31F2N5O2/c1-30(18-31-10-8-19(9-11-31)20-4-3-5-22(12-20)34-2)14-25(33,15-32-17-28-16-29-32)23-7-6-21(26)13-24(23)27/h3-7,12-13,16-17,19,33H,8-11,14-15,18H2,1-2H3. The zero-order valence-electron chi connectivity index (χ0n) is 19.6. The summed E-state index contributed by atoms with van der Waals surface area (Å²) in [7, 11) is 3.57. The monoisotopic (exact) mass is 471 g/mol. The summed E-state index contributed by atoms with van der Waals surface area (Å²) in [4.78, 5) is 8.20. The first-order chi connectivity index (χ1) is 16.4. The van der Waals surface area contributed by atoms with Gasteiger partial charge in [-0.05, 0) is 62.7 Å². The van der Waals surface area contributed by atoms with Gasteiger partial charge in [-0.25, -0.2) is 18.4 Å². The Morgan fingerprint density at radius 2 is 1.97 bits per heavy atom. The van der Waals surface area contributed by atoms with Gasteiger partial charge in [0.15, 0.2) is 0 Å². The van der Waals surface area contributed by atoms with E-state index in [9.17, 15) is 13.9 Å². The minimum Gasteiger partial charge on any atom is -0.497 e. The second-order valence-electron chi connectivity index (χ2n) is 9.07. The fourth-order valence-corrected chi connectivity index (χ4v) is 4.81. The number of benzene rings is 2. The van der Waals surface area contributed by atoms with Crippen LogP contribution in [-0.4, -0.2) is 70.1 Å². The van der Waals surface area contributed by atoms with Crippen LogP contribution in [0.25, 0.3) is 0 Å². The molecule has 1 aliphatic heterocycles. The van der Waals surface area contributed by atoms with Crippen molar-refractivity contribution in [3.8, 4) is 5.75 Å². The summed E-state index contributed by atoms with van der Waals surface area (Å²) in [6.07, 6.45) is 4.88. The molecule has 3 aromatic rings. The Kier molecular flexibility index (Phi) is 7.55. The Morgan fingerprint density at radius 3 is 2.65 bits per heavy atom. The van der Waals surface area contributed by atoms with Gasteiger partial charge in [0.25, 0.3) is 0 Å². The maximum absolute atomic E-state index is 14.7. The molecular formula is C25H31F2N5O2. The highest BCUT2D eigenvalue weighted by Crippen LogP contribution is 2.31. The van der Waals surface area contributed by atoms with Crippen molar-refractivity contribution < 1.29 is 18.6 Å². The van der Waals surface area contributed by atoms with E-state index in [4.69, 9.17) is 4.74 Å². The van der Waals surface area contributed by atoms with E-state index in [-0.39, 0.29) is 18.7 Å². The Balaban J connectivity index is 1.40. The molecule has 1 saturated heterocycles. The van der Waals surface area contributed by atoms with Crippen LogP contribution < -0.4 is 4.74 Å². The summed E-state index contributed by atoms with van der Waals surface area (Å²) in [6, 6.07) is 11.5. The number of likely N-dealkylation sites (N-methyl/N-ethyl adjacent to an activating group) is 1. The Hall–Kier alpha value is -2.88. The SMILES string of the molecule is COc1cccc(C2CCN(CN(C)CC(O)(Cn3cncn3)c3ccc(F)cc3F)CC2)c1. The van der Waals surface area contributed by atoms with Crippen molar-refractivity contribution in [1.29, 1.82) is 0 Å². The average molecular weight is 472 g/mol. The number of ether oxygens (including phenoxy) is 1. The van der Waals surface area contributed by atoms with Crippen molar-refractivity contribution in [3.05, 3.63) is 77.9 Å². The summed E-state index contributed by atoms with van der Waals surface area (Å²) in [6.45, 7) is 2.59. The number of rotatable bonds is 9. The summed E-state index contributed by atoms with van der Waals surface area (Å²) in [5, 5.41) is 15.6. The maximum atomic E-state index is 14.7. The van der Waals surface area contributed by atoms with E-state index < -0.39 is 17.2 Å². The number of methoxy groups -OCH3 is 1. The third-order valence-corrected chi connectivity index (χ3v) is 6.45. The largest absolute Gasteiger partial charge is 0.497 e. The van der Waals surface area contributed by atoms with Gasteiger partial charge < -0.3 is 9.84 Å². The number of hydrogen-bond donors (Lipinski definition) is 1. The molecule has 9 heteroatoms. The molecule has 1 aliphatic rings. The van der Waals surface area contributed by atoms with Crippen molar-refractivity contribution in [1.82, 2.24) is 24.6 Å². The zero-order valence-corrected chi connectivity index (χ0v) is 19.6. The number of aliphatic hydroxyl groups is 1. The topological polar surface area (TPSA) is 66.7 Å². The molecule has 182 valence electrons.